The molecule has 1 rings (SSSR count). The van der Waals surface area contributed by atoms with Gasteiger partial charge in [0.2, 0.25) is 0 Å². The summed E-state index contributed by atoms with van der Waals surface area (Å²) < 4.78 is 0. The number of rotatable bonds is 1. The van der Waals surface area contributed by atoms with Gasteiger partial charge in [-0.05, 0) is 12.7 Å². The molecule has 1 aromatic rings. The van der Waals surface area contributed by atoms with Gasteiger partial charge in [0.25, 0.3) is 5.69 Å². The van der Waals surface area contributed by atoms with Gasteiger partial charge in [-0.3, -0.25) is 10.1 Å². The van der Waals surface area contributed by atoms with Crippen molar-refractivity contribution in [2.75, 3.05) is 0 Å². The number of hydrogen-bond donors (Lipinski definition) is 0. The molecular formula is C7H6NO3-. The van der Waals surface area contributed by atoms with Crippen LogP contribution in [0.3, 0.4) is 0 Å². The molecule has 4 heteroatoms. The third kappa shape index (κ3) is 1.46. The summed E-state index contributed by atoms with van der Waals surface area (Å²) in [6.07, 6.45) is 0. The molecule has 0 unspecified atom stereocenters. The SMILES string of the molecule is Cc1ccc([N+](=O)[O-])c([O-])c1. The Bertz CT molecular complexity index is 296. The van der Waals surface area contributed by atoms with Crippen LogP contribution >= 0.6 is 0 Å². The molecule has 0 aliphatic carbocycles. The van der Waals surface area contributed by atoms with E-state index in [2.05, 4.69) is 0 Å². The molecule has 0 atom stereocenters. The van der Waals surface area contributed by atoms with Gasteiger partial charge in [-0.25, -0.2) is 0 Å². The second-order valence-corrected chi connectivity index (χ2v) is 2.23. The van der Waals surface area contributed by atoms with Crippen LogP contribution in [-0.2, 0) is 0 Å². The summed E-state index contributed by atoms with van der Waals surface area (Å²) in [7, 11) is 0. The molecule has 1 aromatic carbocycles. The van der Waals surface area contributed by atoms with Crippen molar-refractivity contribution < 1.29 is 10.0 Å². The van der Waals surface area contributed by atoms with E-state index < -0.39 is 10.7 Å². The molecular weight excluding hydrogens is 146 g/mol. The molecule has 0 aliphatic heterocycles. The Kier molecular flexibility index (Phi) is 1.76. The predicted octanol–water partition coefficient (Wildman–Crippen LogP) is 0.977. The minimum atomic E-state index is -0.679. The van der Waals surface area contributed by atoms with Gasteiger partial charge in [-0.1, -0.05) is 17.7 Å². The average molecular weight is 152 g/mol. The lowest BCUT2D eigenvalue weighted by Crippen LogP contribution is -1.97. The molecule has 0 radical (unpaired) electrons. The largest absolute Gasteiger partial charge is 0.868 e. The zero-order valence-corrected chi connectivity index (χ0v) is 5.90. The molecule has 0 fully saturated rings. The standard InChI is InChI=1S/C7H7NO3/c1-5-2-3-6(8(10)11)7(9)4-5/h2-4,9H,1H3/p-1. The minimum absolute atomic E-state index is 0.365. The Balaban J connectivity index is 3.20. The smallest absolute Gasteiger partial charge is 0.261 e. The van der Waals surface area contributed by atoms with Crippen LogP contribution in [0.2, 0.25) is 0 Å². The number of nitrogens with zero attached hydrogens (tertiary/aromatic N) is 1. The Morgan fingerprint density at radius 2 is 2.09 bits per heavy atom. The van der Waals surface area contributed by atoms with Gasteiger partial charge < -0.3 is 5.11 Å². The van der Waals surface area contributed by atoms with Gasteiger partial charge >= 0.3 is 0 Å². The molecule has 0 saturated heterocycles. The summed E-state index contributed by atoms with van der Waals surface area (Å²) in [4.78, 5) is 9.46. The van der Waals surface area contributed by atoms with E-state index in [0.717, 1.165) is 5.56 Å². The summed E-state index contributed by atoms with van der Waals surface area (Å²) >= 11 is 0. The quantitative estimate of drug-likeness (QED) is 0.445. The van der Waals surface area contributed by atoms with E-state index in [-0.39, 0.29) is 5.69 Å². The first-order valence-corrected chi connectivity index (χ1v) is 3.03. The highest BCUT2D eigenvalue weighted by atomic mass is 16.6. The molecule has 0 bridgehead atoms. The first kappa shape index (κ1) is 7.53. The van der Waals surface area contributed by atoms with Crippen molar-refractivity contribution in [3.63, 3.8) is 0 Å². The van der Waals surface area contributed by atoms with E-state index in [4.69, 9.17) is 0 Å². The maximum atomic E-state index is 10.8. The minimum Gasteiger partial charge on any atom is -0.868 e. The molecule has 0 spiro atoms. The Morgan fingerprint density at radius 3 is 2.55 bits per heavy atom. The maximum Gasteiger partial charge on any atom is 0.261 e. The van der Waals surface area contributed by atoms with Gasteiger partial charge in [0.1, 0.15) is 0 Å². The van der Waals surface area contributed by atoms with Gasteiger partial charge in [0.15, 0.2) is 0 Å². The van der Waals surface area contributed by atoms with Crippen molar-refractivity contribution >= 4 is 5.69 Å². The molecule has 0 amide bonds. The molecule has 0 aliphatic rings. The topological polar surface area (TPSA) is 66.2 Å². The lowest BCUT2D eigenvalue weighted by Gasteiger charge is -2.05. The predicted molar refractivity (Wildman–Crippen MR) is 37.3 cm³/mol. The fourth-order valence-electron chi connectivity index (χ4n) is 0.772. The van der Waals surface area contributed by atoms with Crippen molar-refractivity contribution in [1.29, 1.82) is 0 Å². The van der Waals surface area contributed by atoms with Crippen LogP contribution in [0.5, 0.6) is 5.75 Å². The second kappa shape index (κ2) is 2.57. The lowest BCUT2D eigenvalue weighted by atomic mass is 10.2. The maximum absolute atomic E-state index is 10.8. The van der Waals surface area contributed by atoms with Crippen LogP contribution in [-0.4, -0.2) is 4.92 Å². The molecule has 4 nitrogen and oxygen atoms in total. The highest BCUT2D eigenvalue weighted by Crippen LogP contribution is 2.22. The Hall–Kier alpha value is -1.58. The van der Waals surface area contributed by atoms with Crippen molar-refractivity contribution in [1.82, 2.24) is 0 Å². The molecule has 0 aromatic heterocycles. The Labute approximate surface area is 63.2 Å². The van der Waals surface area contributed by atoms with Gasteiger partial charge in [-0.2, -0.15) is 0 Å². The zero-order chi connectivity index (χ0) is 8.43. The summed E-state index contributed by atoms with van der Waals surface area (Å²) in [5.74, 6) is -0.532. The lowest BCUT2D eigenvalue weighted by molar-refractivity contribution is -0.398. The van der Waals surface area contributed by atoms with Crippen molar-refractivity contribution in [3.8, 4) is 5.75 Å². The van der Waals surface area contributed by atoms with Gasteiger partial charge in [0, 0.05) is 6.07 Å². The van der Waals surface area contributed by atoms with Crippen LogP contribution in [0.4, 0.5) is 5.69 Å². The Morgan fingerprint density at radius 1 is 1.45 bits per heavy atom. The molecule has 58 valence electrons. The number of benzene rings is 1. The molecule has 0 N–H and O–H groups in total. The third-order valence-electron chi connectivity index (χ3n) is 1.31. The number of nitro benzene ring substituents is 1. The highest BCUT2D eigenvalue weighted by molar-refractivity contribution is 5.45. The van der Waals surface area contributed by atoms with Crippen LogP contribution in [0.25, 0.3) is 0 Å². The molecule has 0 heterocycles. The summed E-state index contributed by atoms with van der Waals surface area (Å²) in [5, 5.41) is 21.0. The van der Waals surface area contributed by atoms with Crippen molar-refractivity contribution in [2.45, 2.75) is 6.92 Å². The van der Waals surface area contributed by atoms with Crippen molar-refractivity contribution in [2.24, 2.45) is 0 Å². The monoisotopic (exact) mass is 152 g/mol. The third-order valence-corrected chi connectivity index (χ3v) is 1.31. The number of hydrogen-bond acceptors (Lipinski definition) is 3. The van der Waals surface area contributed by atoms with Crippen LogP contribution < -0.4 is 5.11 Å². The van der Waals surface area contributed by atoms with E-state index >= 15 is 0 Å². The van der Waals surface area contributed by atoms with E-state index in [1.165, 1.54) is 12.1 Å². The first-order valence-electron chi connectivity index (χ1n) is 3.03. The van der Waals surface area contributed by atoms with Gasteiger partial charge in [0.05, 0.1) is 4.92 Å². The fraction of sp³-hybridized carbons (Fsp3) is 0.143. The van der Waals surface area contributed by atoms with Crippen LogP contribution in [0.1, 0.15) is 5.56 Å². The zero-order valence-electron chi connectivity index (χ0n) is 5.90. The van der Waals surface area contributed by atoms with E-state index in [1.807, 2.05) is 0 Å². The van der Waals surface area contributed by atoms with E-state index in [1.54, 1.807) is 13.0 Å². The highest BCUT2D eigenvalue weighted by Gasteiger charge is 2.04. The normalized spacial score (nSPS) is 9.55. The number of nitro groups is 1. The first-order chi connectivity index (χ1) is 5.11. The summed E-state index contributed by atoms with van der Waals surface area (Å²) in [5.41, 5.74) is 0.371. The van der Waals surface area contributed by atoms with E-state index in [0.29, 0.717) is 0 Å². The van der Waals surface area contributed by atoms with Crippen molar-refractivity contribution in [3.05, 3.63) is 33.9 Å². The fourth-order valence-corrected chi connectivity index (χ4v) is 0.772. The molecule has 0 saturated carbocycles. The van der Waals surface area contributed by atoms with Gasteiger partial charge in [-0.15, -0.1) is 0 Å². The second-order valence-electron chi connectivity index (χ2n) is 2.23. The number of aryl methyl sites for hydroxylation is 1. The molecule has 11 heavy (non-hydrogen) atoms. The summed E-state index contributed by atoms with van der Waals surface area (Å²) in [6.45, 7) is 1.71. The van der Waals surface area contributed by atoms with Crippen LogP contribution in [0.15, 0.2) is 18.2 Å². The van der Waals surface area contributed by atoms with Crippen LogP contribution in [0, 0.1) is 17.0 Å². The summed E-state index contributed by atoms with van der Waals surface area (Å²) in [6, 6.07) is 4.01. The van der Waals surface area contributed by atoms with E-state index in [9.17, 15) is 15.2 Å². The average Bonchev–Trinajstić information content (AvgIpc) is 1.85.